The normalized spacial score (nSPS) is 12.9. The van der Waals surface area contributed by atoms with Crippen LogP contribution >= 0.6 is 0 Å². The standard InChI is InChI=1S/C23H28N4O4/c1-2-31-21(28)16-25-23(30)26-18-10-11-20(27-12-6-7-13-27)19(14-18)22(29)24-15-17-8-4-3-5-9-17/h3-5,8-11,14H,2,6-7,12-13,15-16H2,1H3,(H,24,29)(H2,25,26,30). The number of ether oxygens (including phenoxy) is 1. The monoisotopic (exact) mass is 424 g/mol. The first-order valence-electron chi connectivity index (χ1n) is 10.5. The number of rotatable bonds is 8. The van der Waals surface area contributed by atoms with Gasteiger partial charge in [-0.25, -0.2) is 4.79 Å². The van der Waals surface area contributed by atoms with Crippen LogP contribution in [0.25, 0.3) is 0 Å². The highest BCUT2D eigenvalue weighted by atomic mass is 16.5. The Balaban J connectivity index is 1.71. The molecule has 1 heterocycles. The van der Waals surface area contributed by atoms with Gasteiger partial charge in [0.05, 0.1) is 12.2 Å². The van der Waals surface area contributed by atoms with Crippen molar-refractivity contribution in [3.05, 3.63) is 59.7 Å². The molecule has 1 saturated heterocycles. The number of esters is 1. The van der Waals surface area contributed by atoms with Gasteiger partial charge in [-0.05, 0) is 43.5 Å². The Labute approximate surface area is 182 Å². The lowest BCUT2D eigenvalue weighted by atomic mass is 10.1. The highest BCUT2D eigenvalue weighted by Crippen LogP contribution is 2.27. The van der Waals surface area contributed by atoms with Crippen molar-refractivity contribution in [3.8, 4) is 0 Å². The summed E-state index contributed by atoms with van der Waals surface area (Å²) < 4.78 is 4.79. The van der Waals surface area contributed by atoms with Crippen LogP contribution in [0.4, 0.5) is 16.2 Å². The average molecular weight is 425 g/mol. The molecule has 0 spiro atoms. The van der Waals surface area contributed by atoms with Gasteiger partial charge in [-0.1, -0.05) is 30.3 Å². The van der Waals surface area contributed by atoms with E-state index in [1.54, 1.807) is 19.1 Å². The first kappa shape index (κ1) is 22.1. The van der Waals surface area contributed by atoms with Crippen molar-refractivity contribution >= 4 is 29.3 Å². The number of nitrogens with zero attached hydrogens (tertiary/aromatic N) is 1. The Morgan fingerprint density at radius 1 is 1.00 bits per heavy atom. The third-order valence-corrected chi connectivity index (χ3v) is 4.94. The number of hydrogen-bond donors (Lipinski definition) is 3. The van der Waals surface area contributed by atoms with E-state index in [-0.39, 0.29) is 19.1 Å². The lowest BCUT2D eigenvalue weighted by Gasteiger charge is -2.22. The zero-order valence-corrected chi connectivity index (χ0v) is 17.6. The molecule has 2 aromatic carbocycles. The number of carbonyl (C=O) groups excluding carboxylic acids is 3. The second-order valence-corrected chi connectivity index (χ2v) is 7.21. The summed E-state index contributed by atoms with van der Waals surface area (Å²) in [6.07, 6.45) is 2.17. The molecule has 3 N–H and O–H groups in total. The summed E-state index contributed by atoms with van der Waals surface area (Å²) >= 11 is 0. The first-order valence-corrected chi connectivity index (χ1v) is 10.5. The van der Waals surface area contributed by atoms with Crippen LogP contribution in [0.1, 0.15) is 35.7 Å². The molecule has 0 atom stereocenters. The summed E-state index contributed by atoms with van der Waals surface area (Å²) in [6.45, 7) is 3.93. The van der Waals surface area contributed by atoms with E-state index in [9.17, 15) is 14.4 Å². The molecule has 8 heteroatoms. The Morgan fingerprint density at radius 2 is 1.74 bits per heavy atom. The van der Waals surface area contributed by atoms with E-state index in [0.29, 0.717) is 17.8 Å². The van der Waals surface area contributed by atoms with E-state index >= 15 is 0 Å². The number of hydrogen-bond acceptors (Lipinski definition) is 5. The molecule has 0 bridgehead atoms. The summed E-state index contributed by atoms with van der Waals surface area (Å²) in [5.41, 5.74) is 2.82. The molecular weight excluding hydrogens is 396 g/mol. The van der Waals surface area contributed by atoms with Gasteiger partial charge in [-0.15, -0.1) is 0 Å². The SMILES string of the molecule is CCOC(=O)CNC(=O)Nc1ccc(N2CCCC2)c(C(=O)NCc2ccccc2)c1. The van der Waals surface area contributed by atoms with Crippen LogP contribution in [-0.2, 0) is 16.1 Å². The zero-order valence-electron chi connectivity index (χ0n) is 17.6. The Kier molecular flexibility index (Phi) is 7.86. The van der Waals surface area contributed by atoms with Crippen molar-refractivity contribution in [2.24, 2.45) is 0 Å². The maximum absolute atomic E-state index is 13.0. The fourth-order valence-electron chi connectivity index (χ4n) is 3.44. The highest BCUT2D eigenvalue weighted by Gasteiger charge is 2.20. The second kappa shape index (κ2) is 11.0. The number of carbonyl (C=O) groups is 3. The molecule has 1 fully saturated rings. The number of benzene rings is 2. The Bertz CT molecular complexity index is 911. The molecule has 0 aromatic heterocycles. The number of anilines is 2. The smallest absolute Gasteiger partial charge is 0.325 e. The lowest BCUT2D eigenvalue weighted by molar-refractivity contribution is -0.141. The van der Waals surface area contributed by atoms with Gasteiger partial charge in [0.15, 0.2) is 0 Å². The van der Waals surface area contributed by atoms with Gasteiger partial charge in [0.25, 0.3) is 5.91 Å². The Hall–Kier alpha value is -3.55. The van der Waals surface area contributed by atoms with Crippen molar-refractivity contribution in [1.29, 1.82) is 0 Å². The predicted molar refractivity (Wildman–Crippen MR) is 119 cm³/mol. The molecule has 164 valence electrons. The quantitative estimate of drug-likeness (QED) is 0.566. The van der Waals surface area contributed by atoms with Crippen LogP contribution in [0, 0.1) is 0 Å². The molecule has 31 heavy (non-hydrogen) atoms. The van der Waals surface area contributed by atoms with Gasteiger partial charge in [0.2, 0.25) is 0 Å². The number of urea groups is 1. The van der Waals surface area contributed by atoms with Gasteiger partial charge in [-0.2, -0.15) is 0 Å². The molecular formula is C23H28N4O4. The van der Waals surface area contributed by atoms with Gasteiger partial charge in [-0.3, -0.25) is 9.59 Å². The molecule has 3 rings (SSSR count). The fraction of sp³-hybridized carbons (Fsp3) is 0.348. The van der Waals surface area contributed by atoms with Gasteiger partial charge in [0.1, 0.15) is 6.54 Å². The average Bonchev–Trinajstić information content (AvgIpc) is 3.32. The maximum atomic E-state index is 13.0. The molecule has 0 unspecified atom stereocenters. The summed E-state index contributed by atoms with van der Waals surface area (Å²) in [4.78, 5) is 38.7. The van der Waals surface area contributed by atoms with Gasteiger partial charge in [0, 0.05) is 31.0 Å². The molecule has 2 aromatic rings. The second-order valence-electron chi connectivity index (χ2n) is 7.21. The lowest BCUT2D eigenvalue weighted by Crippen LogP contribution is -2.34. The van der Waals surface area contributed by atoms with Crippen molar-refractivity contribution in [1.82, 2.24) is 10.6 Å². The Morgan fingerprint density at radius 3 is 2.45 bits per heavy atom. The zero-order chi connectivity index (χ0) is 22.1. The highest BCUT2D eigenvalue weighted by molar-refractivity contribution is 6.02. The topological polar surface area (TPSA) is 99.8 Å². The van der Waals surface area contributed by atoms with Gasteiger partial charge >= 0.3 is 12.0 Å². The van der Waals surface area contributed by atoms with Crippen molar-refractivity contribution in [3.63, 3.8) is 0 Å². The minimum absolute atomic E-state index is 0.207. The molecule has 8 nitrogen and oxygen atoms in total. The van der Waals surface area contributed by atoms with Crippen molar-refractivity contribution in [2.45, 2.75) is 26.3 Å². The minimum Gasteiger partial charge on any atom is -0.465 e. The third-order valence-electron chi connectivity index (χ3n) is 4.94. The molecule has 1 aliphatic heterocycles. The van der Waals surface area contributed by atoms with Gasteiger partial charge < -0.3 is 25.6 Å². The van der Waals surface area contributed by atoms with Crippen LogP contribution in [-0.4, -0.2) is 44.1 Å². The predicted octanol–water partition coefficient (Wildman–Crippen LogP) is 2.90. The molecule has 3 amide bonds. The van der Waals surface area contributed by atoms with E-state index in [1.807, 2.05) is 36.4 Å². The van der Waals surface area contributed by atoms with E-state index < -0.39 is 12.0 Å². The molecule has 1 aliphatic rings. The van der Waals surface area contributed by atoms with Crippen LogP contribution in [0.15, 0.2) is 48.5 Å². The molecule has 0 radical (unpaired) electrons. The van der Waals surface area contributed by atoms with E-state index in [4.69, 9.17) is 4.74 Å². The van der Waals surface area contributed by atoms with Crippen LogP contribution < -0.4 is 20.9 Å². The van der Waals surface area contributed by atoms with Crippen LogP contribution in [0.2, 0.25) is 0 Å². The summed E-state index contributed by atoms with van der Waals surface area (Å²) in [7, 11) is 0. The van der Waals surface area contributed by atoms with Crippen LogP contribution in [0.3, 0.4) is 0 Å². The number of nitrogens with one attached hydrogen (secondary N) is 3. The summed E-state index contributed by atoms with van der Waals surface area (Å²) in [5.74, 6) is -0.718. The van der Waals surface area contributed by atoms with E-state index in [2.05, 4.69) is 20.9 Å². The number of amides is 3. The van der Waals surface area contributed by atoms with E-state index in [1.165, 1.54) is 0 Å². The summed E-state index contributed by atoms with van der Waals surface area (Å²) in [6, 6.07) is 14.4. The third kappa shape index (κ3) is 6.47. The molecule has 0 saturated carbocycles. The fourth-order valence-corrected chi connectivity index (χ4v) is 3.44. The van der Waals surface area contributed by atoms with E-state index in [0.717, 1.165) is 37.2 Å². The minimum atomic E-state index is -0.544. The summed E-state index contributed by atoms with van der Waals surface area (Å²) in [5, 5.41) is 8.07. The first-order chi connectivity index (χ1) is 15.1. The maximum Gasteiger partial charge on any atom is 0.325 e. The van der Waals surface area contributed by atoms with Crippen LogP contribution in [0.5, 0.6) is 0 Å². The molecule has 0 aliphatic carbocycles. The van der Waals surface area contributed by atoms with Crippen molar-refractivity contribution < 1.29 is 19.1 Å². The largest absolute Gasteiger partial charge is 0.465 e. The van der Waals surface area contributed by atoms with Crippen molar-refractivity contribution in [2.75, 3.05) is 36.5 Å².